The van der Waals surface area contributed by atoms with Gasteiger partial charge < -0.3 is 44.3 Å². The van der Waals surface area contributed by atoms with Gasteiger partial charge in [-0.3, -0.25) is 20.2 Å². The predicted molar refractivity (Wildman–Crippen MR) is 231 cm³/mol. The van der Waals surface area contributed by atoms with Crippen molar-refractivity contribution >= 4 is 47.2 Å². The van der Waals surface area contributed by atoms with Crippen LogP contribution in [0.15, 0.2) is 51.7 Å². The van der Waals surface area contributed by atoms with Crippen molar-refractivity contribution in [2.24, 2.45) is 32.7 Å². The molecular formula is C45H63N7O10. The van der Waals surface area contributed by atoms with Crippen LogP contribution in [-0.2, 0) is 38.1 Å². The summed E-state index contributed by atoms with van der Waals surface area (Å²) in [5.74, 6) is -2.19. The molecule has 62 heavy (non-hydrogen) atoms. The fourth-order valence-corrected chi connectivity index (χ4v) is 10.7. The van der Waals surface area contributed by atoms with Crippen molar-refractivity contribution < 1.29 is 48.3 Å². The van der Waals surface area contributed by atoms with E-state index in [-0.39, 0.29) is 66.3 Å². The van der Waals surface area contributed by atoms with Crippen LogP contribution >= 0.6 is 0 Å². The Morgan fingerprint density at radius 1 is 1.10 bits per heavy atom. The molecule has 17 heteroatoms. The molecule has 2 saturated heterocycles. The fourth-order valence-electron chi connectivity index (χ4n) is 10.7. The third-order valence-corrected chi connectivity index (χ3v) is 14.3. The van der Waals surface area contributed by atoms with Crippen molar-refractivity contribution in [3.8, 4) is 0 Å². The number of fused-ring (bicyclic) bond motifs is 1. The average molecular weight is 862 g/mol. The molecule has 0 radical (unpaired) electrons. The number of ether oxygens (including phenoxy) is 4. The number of aliphatic hydroxyl groups is 2. The maximum Gasteiger partial charge on any atom is 0.342 e. The molecule has 6 aliphatic rings. The number of anilines is 1. The first-order chi connectivity index (χ1) is 29.6. The van der Waals surface area contributed by atoms with Gasteiger partial charge >= 0.3 is 11.9 Å². The molecule has 4 fully saturated rings. The third-order valence-electron chi connectivity index (χ3n) is 14.3. The summed E-state index contributed by atoms with van der Waals surface area (Å²) in [6.07, 6.45) is 4.19. The second-order valence-electron chi connectivity index (χ2n) is 18.2. The number of amides is 2. The van der Waals surface area contributed by atoms with Gasteiger partial charge in [0.05, 0.1) is 63.3 Å². The summed E-state index contributed by atoms with van der Waals surface area (Å²) in [4.78, 5) is 67.6. The summed E-state index contributed by atoms with van der Waals surface area (Å²) in [6.45, 7) is 11.8. The number of guanidine groups is 1. The van der Waals surface area contributed by atoms with Gasteiger partial charge in [0.1, 0.15) is 16.9 Å². The maximum absolute atomic E-state index is 14.3. The molecular weight excluding hydrogens is 799 g/mol. The van der Waals surface area contributed by atoms with E-state index in [9.17, 15) is 29.4 Å². The number of hydrogen-bond acceptors (Lipinski definition) is 15. The predicted octanol–water partition coefficient (Wildman–Crippen LogP) is 1.57. The molecule has 10 atom stereocenters. The number of nitrogens with one attached hydrogen (secondary N) is 3. The number of carbonyl (C=O) groups is 4. The molecule has 2 aliphatic carbocycles. The molecule has 17 nitrogen and oxygen atoms in total. The standard InChI is InChI=1S/C45H63N7O10/c1-8-60-41(58)37(28-9-11-29(12-10-28)51(6)7)32-21-30(40(57)62-32)31(48-26(2)38(55)50-42-46-15-16-47-42)22-34-43(4)14-13-36(54)44(5,24-53)33(43)23-35(45(34)25-61-45)49-27(3)39(56)52-17-19-59-20-18-52/h9-12,15,21,26-27,31,33-36,48-49,53-54H,8,13-14,16-20,22-25H2,1-7H3,(H,47,50,55)/b37-32-/t26?,27?,31?,33?,34?,35?,36-,43+,44+,45?/m1/s1. The van der Waals surface area contributed by atoms with Gasteiger partial charge in [-0.15, -0.1) is 0 Å². The first kappa shape index (κ1) is 45.5. The number of hydrogen-bond donors (Lipinski definition) is 5. The lowest BCUT2D eigenvalue weighted by atomic mass is 9.43. The first-order valence-corrected chi connectivity index (χ1v) is 21.9. The van der Waals surface area contributed by atoms with Gasteiger partial charge in [0.2, 0.25) is 17.8 Å². The zero-order valence-corrected chi connectivity index (χ0v) is 36.9. The van der Waals surface area contributed by atoms with Crippen LogP contribution in [0.5, 0.6) is 0 Å². The summed E-state index contributed by atoms with van der Waals surface area (Å²) in [5.41, 5.74) is -0.556. The molecule has 4 aliphatic heterocycles. The van der Waals surface area contributed by atoms with E-state index in [0.717, 1.165) is 5.69 Å². The van der Waals surface area contributed by atoms with Crippen LogP contribution < -0.4 is 20.9 Å². The van der Waals surface area contributed by atoms with Gasteiger partial charge in [-0.05, 0) is 87.5 Å². The molecule has 7 rings (SSSR count). The molecule has 1 aromatic carbocycles. The molecule has 4 heterocycles. The zero-order valence-electron chi connectivity index (χ0n) is 36.9. The molecule has 2 amide bonds. The molecule has 0 aromatic heterocycles. The Balaban J connectivity index is 1.30. The molecule has 5 N–H and O–H groups in total. The van der Waals surface area contributed by atoms with E-state index in [2.05, 4.69) is 32.9 Å². The van der Waals surface area contributed by atoms with Crippen molar-refractivity contribution in [1.82, 2.24) is 20.9 Å². The van der Waals surface area contributed by atoms with Crippen LogP contribution in [0.1, 0.15) is 65.9 Å². The van der Waals surface area contributed by atoms with E-state index in [1.54, 1.807) is 43.2 Å². The lowest BCUT2D eigenvalue weighted by Gasteiger charge is -2.63. The van der Waals surface area contributed by atoms with E-state index < -0.39 is 58.5 Å². The lowest BCUT2D eigenvalue weighted by Crippen LogP contribution is -2.68. The topological polar surface area (TPSA) is 216 Å². The third kappa shape index (κ3) is 8.71. The van der Waals surface area contributed by atoms with Crippen LogP contribution in [0.25, 0.3) is 5.57 Å². The minimum atomic E-state index is -0.893. The van der Waals surface area contributed by atoms with Gasteiger partial charge in [-0.1, -0.05) is 26.0 Å². The molecule has 0 bridgehead atoms. The smallest absolute Gasteiger partial charge is 0.342 e. The lowest BCUT2D eigenvalue weighted by molar-refractivity contribution is -0.185. The SMILES string of the molecule is CCOC(=O)/C(=C1/C=C(C(CC2C3(CO3)C(NC(C)C(=O)N3CCOCC3)CC3[C@]2(C)CC[C@@H](O)[C@@]3(C)CO)NC(C)C(=O)NC2=NCC=N2)C(=O)O1)c1ccc(N(C)C)cc1. The van der Waals surface area contributed by atoms with Gasteiger partial charge in [0, 0.05) is 56.6 Å². The number of esters is 2. The Bertz CT molecular complexity index is 2010. The molecule has 1 spiro atoms. The summed E-state index contributed by atoms with van der Waals surface area (Å²) >= 11 is 0. The van der Waals surface area contributed by atoms with E-state index in [1.165, 1.54) is 0 Å². The number of benzene rings is 1. The highest BCUT2D eigenvalue weighted by atomic mass is 16.6. The average Bonchev–Trinajstić information content (AvgIpc) is 3.70. The van der Waals surface area contributed by atoms with Crippen molar-refractivity contribution in [2.75, 3.05) is 71.7 Å². The minimum absolute atomic E-state index is 0.0216. The van der Waals surface area contributed by atoms with Crippen molar-refractivity contribution in [3.63, 3.8) is 0 Å². The number of nitrogens with zero attached hydrogens (tertiary/aromatic N) is 4. The number of cyclic esters (lactones) is 1. The fraction of sp³-hybridized carbons (Fsp3) is 0.644. The van der Waals surface area contributed by atoms with Crippen molar-refractivity contribution in [3.05, 3.63) is 47.2 Å². The summed E-state index contributed by atoms with van der Waals surface area (Å²) in [5, 5.41) is 32.4. The van der Waals surface area contributed by atoms with Crippen LogP contribution in [-0.4, -0.2) is 154 Å². The summed E-state index contributed by atoms with van der Waals surface area (Å²) in [7, 11) is 3.82. The Kier molecular flexibility index (Phi) is 13.4. The second kappa shape index (κ2) is 18.3. The Labute approximate surface area is 363 Å². The molecule has 1 aromatic rings. The van der Waals surface area contributed by atoms with Crippen LogP contribution in [0.2, 0.25) is 0 Å². The monoisotopic (exact) mass is 861 g/mol. The van der Waals surface area contributed by atoms with Gasteiger partial charge in [0.25, 0.3) is 0 Å². The zero-order chi connectivity index (χ0) is 44.6. The van der Waals surface area contributed by atoms with E-state index in [1.807, 2.05) is 45.0 Å². The maximum atomic E-state index is 14.3. The van der Waals surface area contributed by atoms with Crippen LogP contribution in [0.3, 0.4) is 0 Å². The largest absolute Gasteiger partial charge is 0.462 e. The van der Waals surface area contributed by atoms with E-state index >= 15 is 0 Å². The number of morpholine rings is 1. The van der Waals surface area contributed by atoms with Crippen molar-refractivity contribution in [2.45, 2.75) is 96.2 Å². The van der Waals surface area contributed by atoms with Gasteiger partial charge in [0.15, 0.2) is 0 Å². The second-order valence-corrected chi connectivity index (χ2v) is 18.2. The number of aliphatic imine (C=N–C) groups is 2. The Morgan fingerprint density at radius 3 is 2.42 bits per heavy atom. The molecule has 7 unspecified atom stereocenters. The number of aliphatic hydroxyl groups excluding tert-OH is 2. The quantitative estimate of drug-likeness (QED) is 0.102. The minimum Gasteiger partial charge on any atom is -0.462 e. The molecule has 338 valence electrons. The van der Waals surface area contributed by atoms with Crippen LogP contribution in [0.4, 0.5) is 5.69 Å². The number of allylic oxidation sites excluding steroid dienone is 1. The van der Waals surface area contributed by atoms with Crippen LogP contribution in [0, 0.1) is 22.7 Å². The van der Waals surface area contributed by atoms with E-state index in [0.29, 0.717) is 64.3 Å². The normalized spacial score (nSPS) is 32.5. The van der Waals surface area contributed by atoms with E-state index in [4.69, 9.17) is 18.9 Å². The van der Waals surface area contributed by atoms with Gasteiger partial charge in [-0.25, -0.2) is 19.6 Å². The highest BCUT2D eigenvalue weighted by Crippen LogP contribution is 2.66. The van der Waals surface area contributed by atoms with Gasteiger partial charge in [-0.2, -0.15) is 0 Å². The Morgan fingerprint density at radius 2 is 1.81 bits per heavy atom. The number of carbonyl (C=O) groups excluding carboxylic acids is 4. The first-order valence-electron chi connectivity index (χ1n) is 21.9. The highest BCUT2D eigenvalue weighted by molar-refractivity contribution is 6.19. The number of rotatable bonds is 14. The Hall–Kier alpha value is -4.52. The number of epoxide rings is 1. The molecule has 2 saturated carbocycles. The summed E-state index contributed by atoms with van der Waals surface area (Å²) < 4.78 is 23.5. The summed E-state index contributed by atoms with van der Waals surface area (Å²) in [6, 6.07) is 4.60. The van der Waals surface area contributed by atoms with Crippen molar-refractivity contribution in [1.29, 1.82) is 0 Å². The highest BCUT2D eigenvalue weighted by Gasteiger charge is 2.71.